The number of anilines is 1. The number of phenols is 1. The predicted molar refractivity (Wildman–Crippen MR) is 80.0 cm³/mol. The van der Waals surface area contributed by atoms with Crippen LogP contribution in [0.15, 0.2) is 36.4 Å². The lowest BCUT2D eigenvalue weighted by atomic mass is 10.1. The third-order valence-corrected chi connectivity index (χ3v) is 3.15. The highest BCUT2D eigenvalue weighted by atomic mass is 19.1. The van der Waals surface area contributed by atoms with Gasteiger partial charge in [-0.3, -0.25) is 4.79 Å². The van der Waals surface area contributed by atoms with Crippen LogP contribution in [-0.2, 0) is 6.54 Å². The summed E-state index contributed by atoms with van der Waals surface area (Å²) in [7, 11) is 1.57. The van der Waals surface area contributed by atoms with E-state index in [9.17, 15) is 14.3 Å². The molecule has 0 atom stereocenters. The van der Waals surface area contributed by atoms with Crippen molar-refractivity contribution in [3.8, 4) is 5.75 Å². The minimum Gasteiger partial charge on any atom is -0.508 e. The van der Waals surface area contributed by atoms with Crippen LogP contribution in [0.4, 0.5) is 10.1 Å². The highest BCUT2D eigenvalue weighted by molar-refractivity contribution is 5.95. The number of carbonyl (C=O) groups excluding carboxylic acids is 1. The largest absolute Gasteiger partial charge is 0.508 e. The molecule has 0 aliphatic rings. The summed E-state index contributed by atoms with van der Waals surface area (Å²) >= 11 is 0. The second-order valence-corrected chi connectivity index (χ2v) is 4.78. The fraction of sp³-hybridized carbons (Fsp3) is 0.188. The van der Waals surface area contributed by atoms with Gasteiger partial charge >= 0.3 is 0 Å². The van der Waals surface area contributed by atoms with E-state index in [0.29, 0.717) is 17.7 Å². The first kappa shape index (κ1) is 14.8. The molecule has 0 heterocycles. The van der Waals surface area contributed by atoms with Gasteiger partial charge in [-0.2, -0.15) is 0 Å². The molecule has 0 unspecified atom stereocenters. The lowest BCUT2D eigenvalue weighted by Crippen LogP contribution is -2.18. The van der Waals surface area contributed by atoms with Gasteiger partial charge in [0.2, 0.25) is 0 Å². The lowest BCUT2D eigenvalue weighted by Gasteiger charge is -2.11. The first-order valence-corrected chi connectivity index (χ1v) is 6.54. The van der Waals surface area contributed by atoms with Crippen LogP contribution in [0.2, 0.25) is 0 Å². The van der Waals surface area contributed by atoms with Gasteiger partial charge < -0.3 is 15.7 Å². The number of hydrogen-bond acceptors (Lipinski definition) is 3. The van der Waals surface area contributed by atoms with Crippen LogP contribution in [0.1, 0.15) is 21.5 Å². The molecule has 0 saturated heterocycles. The summed E-state index contributed by atoms with van der Waals surface area (Å²) in [5, 5.41) is 15.1. The Hall–Kier alpha value is -2.56. The quantitative estimate of drug-likeness (QED) is 0.810. The molecule has 110 valence electrons. The van der Waals surface area contributed by atoms with Crippen LogP contribution in [0, 0.1) is 12.7 Å². The first-order valence-electron chi connectivity index (χ1n) is 6.54. The molecular weight excluding hydrogens is 271 g/mol. The van der Waals surface area contributed by atoms with Gasteiger partial charge in [0.1, 0.15) is 11.6 Å². The van der Waals surface area contributed by atoms with Crippen LogP contribution in [0.3, 0.4) is 0 Å². The van der Waals surface area contributed by atoms with Gasteiger partial charge in [-0.1, -0.05) is 6.07 Å². The maximum absolute atomic E-state index is 13.2. The van der Waals surface area contributed by atoms with Crippen LogP contribution >= 0.6 is 0 Å². The van der Waals surface area contributed by atoms with Crippen molar-refractivity contribution in [3.63, 3.8) is 0 Å². The van der Waals surface area contributed by atoms with Crippen molar-refractivity contribution >= 4 is 11.6 Å². The van der Waals surface area contributed by atoms with E-state index >= 15 is 0 Å². The fourth-order valence-electron chi connectivity index (χ4n) is 2.03. The molecule has 0 radical (unpaired) electrons. The number of hydrogen-bond donors (Lipinski definition) is 3. The molecule has 2 aromatic rings. The van der Waals surface area contributed by atoms with Crippen molar-refractivity contribution in [1.82, 2.24) is 5.32 Å². The summed E-state index contributed by atoms with van der Waals surface area (Å²) in [6.45, 7) is 2.27. The van der Waals surface area contributed by atoms with Crippen molar-refractivity contribution < 1.29 is 14.3 Å². The molecule has 1 amide bonds. The summed E-state index contributed by atoms with van der Waals surface area (Å²) in [4.78, 5) is 11.6. The maximum atomic E-state index is 13.2. The topological polar surface area (TPSA) is 61.4 Å². The van der Waals surface area contributed by atoms with Crippen molar-refractivity contribution in [3.05, 3.63) is 58.9 Å². The Bertz CT molecular complexity index is 651. The zero-order valence-corrected chi connectivity index (χ0v) is 11.9. The molecule has 21 heavy (non-hydrogen) atoms. The average Bonchev–Trinajstić information content (AvgIpc) is 2.44. The summed E-state index contributed by atoms with van der Waals surface area (Å²) < 4.78 is 13.2. The maximum Gasteiger partial charge on any atom is 0.251 e. The Balaban J connectivity index is 2.17. The smallest absolute Gasteiger partial charge is 0.251 e. The van der Waals surface area contributed by atoms with Gasteiger partial charge in [0, 0.05) is 30.9 Å². The van der Waals surface area contributed by atoms with Gasteiger partial charge in [0.15, 0.2) is 0 Å². The predicted octanol–water partition coefficient (Wildman–Crippen LogP) is 2.81. The molecule has 0 aromatic heterocycles. The molecule has 2 rings (SSSR count). The summed E-state index contributed by atoms with van der Waals surface area (Å²) in [6.07, 6.45) is 0. The lowest BCUT2D eigenvalue weighted by molar-refractivity contribution is 0.0963. The number of halogens is 1. The zero-order valence-electron chi connectivity index (χ0n) is 11.9. The zero-order chi connectivity index (χ0) is 15.4. The van der Waals surface area contributed by atoms with Crippen molar-refractivity contribution in [2.75, 3.05) is 12.4 Å². The molecular formula is C16H17FN2O2. The molecule has 5 heteroatoms. The summed E-state index contributed by atoms with van der Waals surface area (Å²) in [5.74, 6) is -0.758. The van der Waals surface area contributed by atoms with E-state index in [1.807, 2.05) is 13.0 Å². The van der Waals surface area contributed by atoms with Crippen molar-refractivity contribution in [2.24, 2.45) is 0 Å². The molecule has 0 fully saturated rings. The van der Waals surface area contributed by atoms with Crippen LogP contribution in [0.5, 0.6) is 5.75 Å². The molecule has 0 saturated carbocycles. The third-order valence-electron chi connectivity index (χ3n) is 3.15. The Morgan fingerprint density at radius 3 is 2.67 bits per heavy atom. The second kappa shape index (κ2) is 6.26. The van der Waals surface area contributed by atoms with Gasteiger partial charge in [0.25, 0.3) is 5.91 Å². The van der Waals surface area contributed by atoms with Gasteiger partial charge in [0.05, 0.1) is 0 Å². The van der Waals surface area contributed by atoms with Gasteiger partial charge in [-0.25, -0.2) is 4.39 Å². The second-order valence-electron chi connectivity index (χ2n) is 4.78. The van der Waals surface area contributed by atoms with E-state index in [2.05, 4.69) is 10.6 Å². The number of aromatic hydroxyl groups is 1. The van der Waals surface area contributed by atoms with Crippen LogP contribution in [0.25, 0.3) is 0 Å². The standard InChI is InChI=1S/C16H17FN2O2/c1-10-3-4-12(16(21)18-2)7-15(10)19-9-11-5-13(17)8-14(20)6-11/h3-8,19-20H,9H2,1-2H3,(H,18,21). The Kier molecular flexibility index (Phi) is 4.42. The minimum absolute atomic E-state index is 0.109. The average molecular weight is 288 g/mol. The SMILES string of the molecule is CNC(=O)c1ccc(C)c(NCc2cc(O)cc(F)c2)c1. The van der Waals surface area contributed by atoms with Crippen LogP contribution < -0.4 is 10.6 Å². The highest BCUT2D eigenvalue weighted by Gasteiger charge is 2.07. The van der Waals surface area contributed by atoms with E-state index in [4.69, 9.17) is 0 Å². The number of carbonyl (C=O) groups is 1. The van der Waals surface area contributed by atoms with Gasteiger partial charge in [-0.15, -0.1) is 0 Å². The molecule has 2 aromatic carbocycles. The molecule has 0 aliphatic carbocycles. The number of rotatable bonds is 4. The Morgan fingerprint density at radius 2 is 2.00 bits per heavy atom. The number of amides is 1. The number of benzene rings is 2. The molecule has 0 spiro atoms. The number of aryl methyl sites for hydroxylation is 1. The van der Waals surface area contributed by atoms with E-state index in [1.54, 1.807) is 19.2 Å². The Labute approximate surface area is 122 Å². The summed E-state index contributed by atoms with van der Waals surface area (Å²) in [5.41, 5.74) is 2.94. The summed E-state index contributed by atoms with van der Waals surface area (Å²) in [6, 6.07) is 9.23. The molecule has 3 N–H and O–H groups in total. The molecule has 4 nitrogen and oxygen atoms in total. The highest BCUT2D eigenvalue weighted by Crippen LogP contribution is 2.20. The van der Waals surface area contributed by atoms with Crippen molar-refractivity contribution in [1.29, 1.82) is 0 Å². The minimum atomic E-state index is -0.484. The molecule has 0 bridgehead atoms. The third kappa shape index (κ3) is 3.72. The monoisotopic (exact) mass is 288 g/mol. The van der Waals surface area contributed by atoms with E-state index in [1.165, 1.54) is 12.1 Å². The molecule has 0 aliphatic heterocycles. The first-order chi connectivity index (χ1) is 9.99. The van der Waals surface area contributed by atoms with Gasteiger partial charge in [-0.05, 0) is 42.3 Å². The van der Waals surface area contributed by atoms with E-state index in [-0.39, 0.29) is 11.7 Å². The van der Waals surface area contributed by atoms with Crippen LogP contribution in [-0.4, -0.2) is 18.1 Å². The fourth-order valence-corrected chi connectivity index (χ4v) is 2.03. The van der Waals surface area contributed by atoms with E-state index < -0.39 is 5.82 Å². The normalized spacial score (nSPS) is 10.2. The Morgan fingerprint density at radius 1 is 1.24 bits per heavy atom. The number of phenolic OH excluding ortho intramolecular Hbond substituents is 1. The van der Waals surface area contributed by atoms with E-state index in [0.717, 1.165) is 17.3 Å². The van der Waals surface area contributed by atoms with Crippen molar-refractivity contribution in [2.45, 2.75) is 13.5 Å². The number of nitrogens with one attached hydrogen (secondary N) is 2.